The van der Waals surface area contributed by atoms with Gasteiger partial charge in [-0.3, -0.25) is 10.1 Å². The van der Waals surface area contributed by atoms with Gasteiger partial charge in [0, 0.05) is 18.3 Å². The van der Waals surface area contributed by atoms with Crippen molar-refractivity contribution in [1.29, 1.82) is 0 Å². The van der Waals surface area contributed by atoms with Gasteiger partial charge in [-0.2, -0.15) is 5.10 Å². The summed E-state index contributed by atoms with van der Waals surface area (Å²) < 4.78 is 5.67. The zero-order valence-electron chi connectivity index (χ0n) is 15.9. The molecule has 28 heavy (non-hydrogen) atoms. The summed E-state index contributed by atoms with van der Waals surface area (Å²) in [6.45, 7) is 12.2. The Labute approximate surface area is 168 Å². The molecule has 0 aliphatic carbocycles. The average Bonchev–Trinajstić information content (AvgIpc) is 3.14. The number of hydrogen-bond acceptors (Lipinski definition) is 7. The van der Waals surface area contributed by atoms with E-state index >= 15 is 0 Å². The molecule has 0 bridgehead atoms. The zero-order valence-corrected chi connectivity index (χ0v) is 16.7. The number of H-pyrrole nitrogens is 1. The van der Waals surface area contributed by atoms with Gasteiger partial charge in [-0.1, -0.05) is 0 Å². The first-order valence-corrected chi connectivity index (χ1v) is 9.86. The Hall–Kier alpha value is -3.25. The molecule has 3 aromatic rings. The van der Waals surface area contributed by atoms with Crippen molar-refractivity contribution >= 4 is 34.9 Å². The summed E-state index contributed by atoms with van der Waals surface area (Å²) in [5, 5.41) is 14.3. The van der Waals surface area contributed by atoms with Crippen LogP contribution in [0.4, 0.5) is 23.1 Å². The van der Waals surface area contributed by atoms with Gasteiger partial charge in [0.15, 0.2) is 0 Å². The van der Waals surface area contributed by atoms with Gasteiger partial charge in [0.25, 0.3) is 0 Å². The first-order valence-electron chi connectivity index (χ1n) is 8.64. The van der Waals surface area contributed by atoms with Crippen LogP contribution in [0, 0.1) is 20.4 Å². The number of nitrogens with one attached hydrogen (secondary N) is 3. The van der Waals surface area contributed by atoms with Crippen LogP contribution < -0.4 is 15.4 Å². The number of aromatic nitrogens is 4. The largest absolute Gasteiger partial charge is 0.490 e. The second-order valence-corrected chi connectivity index (χ2v) is 6.82. The predicted molar refractivity (Wildman–Crippen MR) is 112 cm³/mol. The van der Waals surface area contributed by atoms with Crippen LogP contribution in [-0.2, 0) is 0 Å². The molecular formula is C19H21N7OS. The molecule has 8 nitrogen and oxygen atoms in total. The lowest BCUT2D eigenvalue weighted by Gasteiger charge is -2.13. The summed E-state index contributed by atoms with van der Waals surface area (Å²) in [7, 11) is 0. The first kappa shape index (κ1) is 19.5. The number of anilines is 3. The fraction of sp³-hybridized carbons (Fsp3) is 0.263. The molecule has 0 spiro atoms. The molecule has 0 aromatic carbocycles. The van der Waals surface area contributed by atoms with Crippen LogP contribution in [0.2, 0.25) is 0 Å². The van der Waals surface area contributed by atoms with E-state index < -0.39 is 0 Å². The second kappa shape index (κ2) is 9.10. The van der Waals surface area contributed by atoms with Crippen molar-refractivity contribution < 1.29 is 4.74 Å². The SMILES string of the molecule is [C-]#[N+]c1c(C)cc(Nc2cc(SC)n[nH]2)nc1NCCOc1ccc(C)nc1. The molecule has 0 atom stereocenters. The van der Waals surface area contributed by atoms with Crippen molar-refractivity contribution in [3.05, 3.63) is 53.1 Å². The lowest BCUT2D eigenvalue weighted by Crippen LogP contribution is -2.13. The smallest absolute Gasteiger partial charge is 0.231 e. The fourth-order valence-electron chi connectivity index (χ4n) is 2.48. The van der Waals surface area contributed by atoms with Gasteiger partial charge < -0.3 is 15.4 Å². The molecule has 0 unspecified atom stereocenters. The third-order valence-electron chi connectivity index (χ3n) is 3.87. The van der Waals surface area contributed by atoms with Crippen LogP contribution in [0.15, 0.2) is 35.5 Å². The van der Waals surface area contributed by atoms with Gasteiger partial charge >= 0.3 is 0 Å². The number of aryl methyl sites for hydroxylation is 2. The van der Waals surface area contributed by atoms with E-state index in [1.807, 2.05) is 44.4 Å². The van der Waals surface area contributed by atoms with E-state index in [2.05, 4.69) is 35.6 Å². The number of thioether (sulfide) groups is 1. The Balaban J connectivity index is 1.65. The standard InChI is InChI=1S/C19H21N7OS/c1-12-9-15(23-16-10-17(28-4)26-25-16)24-19(18(12)20-3)21-7-8-27-14-6-5-13(2)22-11-14/h5-6,9-11H,7-8H2,1-2,4H3,(H3,21,23,24,25,26). The van der Waals surface area contributed by atoms with Crippen molar-refractivity contribution in [3.63, 3.8) is 0 Å². The lowest BCUT2D eigenvalue weighted by atomic mass is 10.2. The minimum absolute atomic E-state index is 0.429. The molecule has 0 fully saturated rings. The molecule has 144 valence electrons. The highest BCUT2D eigenvalue weighted by molar-refractivity contribution is 7.98. The van der Waals surface area contributed by atoms with Crippen LogP contribution >= 0.6 is 11.8 Å². The van der Waals surface area contributed by atoms with E-state index in [9.17, 15) is 0 Å². The molecule has 0 radical (unpaired) electrons. The van der Waals surface area contributed by atoms with Crippen molar-refractivity contribution in [3.8, 4) is 5.75 Å². The number of rotatable bonds is 8. The van der Waals surface area contributed by atoms with Crippen LogP contribution in [0.1, 0.15) is 11.3 Å². The Morgan fingerprint density at radius 2 is 2.14 bits per heavy atom. The highest BCUT2D eigenvalue weighted by atomic mass is 32.2. The fourth-order valence-corrected chi connectivity index (χ4v) is 2.85. The summed E-state index contributed by atoms with van der Waals surface area (Å²) in [5.74, 6) is 2.61. The maximum atomic E-state index is 7.45. The number of pyridine rings is 2. The Bertz CT molecular complexity index is 979. The first-order chi connectivity index (χ1) is 13.6. The molecule has 3 aromatic heterocycles. The number of nitrogens with zero attached hydrogens (tertiary/aromatic N) is 4. The Kier molecular flexibility index (Phi) is 6.34. The average molecular weight is 395 g/mol. The molecule has 3 N–H and O–H groups in total. The van der Waals surface area contributed by atoms with Crippen molar-refractivity contribution in [2.45, 2.75) is 18.9 Å². The van der Waals surface area contributed by atoms with Crippen LogP contribution in [-0.4, -0.2) is 39.6 Å². The molecule has 3 heterocycles. The summed E-state index contributed by atoms with van der Waals surface area (Å²) in [6, 6.07) is 7.53. The Morgan fingerprint density at radius 1 is 1.29 bits per heavy atom. The molecule has 0 amide bonds. The topological polar surface area (TPSA) is 92.1 Å². The van der Waals surface area contributed by atoms with E-state index in [-0.39, 0.29) is 0 Å². The predicted octanol–water partition coefficient (Wildman–Crippen LogP) is 4.32. The maximum absolute atomic E-state index is 7.45. The van der Waals surface area contributed by atoms with Gasteiger partial charge in [-0.05, 0) is 43.9 Å². The van der Waals surface area contributed by atoms with E-state index in [0.717, 1.165) is 22.1 Å². The second-order valence-electron chi connectivity index (χ2n) is 5.99. The summed E-state index contributed by atoms with van der Waals surface area (Å²) >= 11 is 1.55. The van der Waals surface area contributed by atoms with Crippen LogP contribution in [0.3, 0.4) is 0 Å². The maximum Gasteiger partial charge on any atom is 0.231 e. The monoisotopic (exact) mass is 395 g/mol. The van der Waals surface area contributed by atoms with E-state index in [1.54, 1.807) is 18.0 Å². The van der Waals surface area contributed by atoms with Crippen molar-refractivity contribution in [1.82, 2.24) is 20.2 Å². The van der Waals surface area contributed by atoms with E-state index in [1.165, 1.54) is 0 Å². The van der Waals surface area contributed by atoms with Gasteiger partial charge in [0.05, 0.1) is 12.8 Å². The molecule has 0 saturated heterocycles. The molecule has 0 saturated carbocycles. The highest BCUT2D eigenvalue weighted by Crippen LogP contribution is 2.30. The van der Waals surface area contributed by atoms with Crippen LogP contribution in [0.25, 0.3) is 4.85 Å². The number of hydrogen-bond donors (Lipinski definition) is 3. The lowest BCUT2D eigenvalue weighted by molar-refractivity contribution is 0.331. The molecular weight excluding hydrogens is 374 g/mol. The molecule has 0 aliphatic heterocycles. The third-order valence-corrected chi connectivity index (χ3v) is 4.50. The third kappa shape index (κ3) is 4.92. The van der Waals surface area contributed by atoms with Crippen molar-refractivity contribution in [2.24, 2.45) is 0 Å². The van der Waals surface area contributed by atoms with Gasteiger partial charge in [0.2, 0.25) is 5.69 Å². The van der Waals surface area contributed by atoms with E-state index in [0.29, 0.717) is 36.2 Å². The van der Waals surface area contributed by atoms with Crippen molar-refractivity contribution in [2.75, 3.05) is 30.0 Å². The molecule has 0 aliphatic rings. The Morgan fingerprint density at radius 3 is 2.82 bits per heavy atom. The van der Waals surface area contributed by atoms with Gasteiger partial charge in [-0.15, -0.1) is 11.8 Å². The minimum atomic E-state index is 0.429. The molecule has 3 rings (SSSR count). The number of aromatic amines is 1. The normalized spacial score (nSPS) is 10.4. The molecule has 9 heteroatoms. The zero-order chi connectivity index (χ0) is 19.9. The quantitative estimate of drug-likeness (QED) is 0.297. The number of ether oxygens (including phenoxy) is 1. The van der Waals surface area contributed by atoms with Crippen LogP contribution in [0.5, 0.6) is 5.75 Å². The summed E-state index contributed by atoms with van der Waals surface area (Å²) in [4.78, 5) is 12.3. The highest BCUT2D eigenvalue weighted by Gasteiger charge is 2.11. The van der Waals surface area contributed by atoms with Gasteiger partial charge in [-0.25, -0.2) is 9.83 Å². The van der Waals surface area contributed by atoms with E-state index in [4.69, 9.17) is 11.3 Å². The summed E-state index contributed by atoms with van der Waals surface area (Å²) in [6.07, 6.45) is 3.66. The minimum Gasteiger partial charge on any atom is -0.490 e. The van der Waals surface area contributed by atoms with Gasteiger partial charge in [0.1, 0.15) is 34.8 Å². The summed E-state index contributed by atoms with van der Waals surface area (Å²) in [5.41, 5.74) is 2.28.